The number of aliphatic hydroxyl groups excluding tert-OH is 1. The zero-order valence-corrected chi connectivity index (χ0v) is 34.1. The minimum absolute atomic E-state index is 0.0800. The molecule has 0 saturated carbocycles. The minimum Gasteiger partial charge on any atom is -0.506 e. The third kappa shape index (κ3) is 13.5. The summed E-state index contributed by atoms with van der Waals surface area (Å²) in [5, 5.41) is 46.7. The Hall–Kier alpha value is -6.46. The number of hydrogen-bond donors (Lipinski definition) is 8. The van der Waals surface area contributed by atoms with E-state index in [0.717, 1.165) is 16.7 Å². The van der Waals surface area contributed by atoms with Crippen LogP contribution in [0.5, 0.6) is 11.5 Å². The molecule has 1 atom stereocenters. The van der Waals surface area contributed by atoms with Crippen molar-refractivity contribution in [1.29, 1.82) is 0 Å². The van der Waals surface area contributed by atoms with E-state index >= 15 is 0 Å². The summed E-state index contributed by atoms with van der Waals surface area (Å²) < 4.78 is 11.3. The molecule has 322 valence electrons. The molecule has 2 amide bonds. The third-order valence-electron chi connectivity index (χ3n) is 9.83. The number of para-hydroxylation sites is 1. The summed E-state index contributed by atoms with van der Waals surface area (Å²) in [5.41, 5.74) is 4.21. The van der Waals surface area contributed by atoms with Crippen LogP contribution < -0.4 is 26.2 Å². The van der Waals surface area contributed by atoms with Gasteiger partial charge < -0.3 is 50.4 Å². The standard InChI is InChI=1S/C40H42ClN5O7.C4H6O4/c1-52-36-22-33(31(41)21-26(36)23-42-24-35(48)29-11-13-34(47)39-30(29)12-14-37(49)45-39)43-38(50)17-20-46-18-15-27(16-19-46)53-40(51)44-32-10-6-5-9-28(32)25-7-3-2-4-8-25;5-3(6)1-2-4(7)8/h2-14,21-22,27,35,42,47-48H,15-20,23-24H2,1H3,(H,43,50)(H,44,51)(H,45,49);1-2H2,(H,5,6)(H,7,8)/t35-;/m1./s1. The molecular weight excluding hydrogens is 810 g/mol. The molecule has 2 heterocycles. The van der Waals surface area contributed by atoms with E-state index < -0.39 is 24.1 Å². The Morgan fingerprint density at radius 2 is 1.56 bits per heavy atom. The van der Waals surface area contributed by atoms with Gasteiger partial charge in [-0.05, 0) is 48.2 Å². The van der Waals surface area contributed by atoms with E-state index in [1.165, 1.54) is 19.2 Å². The first kappa shape index (κ1) is 45.6. The van der Waals surface area contributed by atoms with Gasteiger partial charge in [0.2, 0.25) is 11.5 Å². The number of phenols is 1. The zero-order valence-electron chi connectivity index (χ0n) is 33.4. The summed E-state index contributed by atoms with van der Waals surface area (Å²) in [7, 11) is 1.52. The number of hydrogen-bond acceptors (Lipinski definition) is 11. The third-order valence-corrected chi connectivity index (χ3v) is 10.1. The van der Waals surface area contributed by atoms with Gasteiger partial charge in [-0.15, -0.1) is 0 Å². The molecule has 0 spiro atoms. The number of carbonyl (C=O) groups is 4. The molecule has 6 rings (SSSR count). The molecule has 1 fully saturated rings. The number of pyridine rings is 1. The fraction of sp³-hybridized carbons (Fsp3) is 0.295. The van der Waals surface area contributed by atoms with Crippen molar-refractivity contribution in [3.05, 3.63) is 117 Å². The average Bonchev–Trinajstić information content (AvgIpc) is 3.24. The van der Waals surface area contributed by atoms with Crippen LogP contribution in [0.4, 0.5) is 16.2 Å². The maximum absolute atomic E-state index is 12.9. The van der Waals surface area contributed by atoms with Crippen LogP contribution in [-0.4, -0.2) is 93.6 Å². The van der Waals surface area contributed by atoms with Gasteiger partial charge in [-0.1, -0.05) is 66.2 Å². The molecule has 61 heavy (non-hydrogen) atoms. The molecular formula is C44H48ClN5O11. The van der Waals surface area contributed by atoms with Crippen molar-refractivity contribution in [2.45, 2.75) is 50.9 Å². The molecule has 0 aliphatic carbocycles. The van der Waals surface area contributed by atoms with Crippen molar-refractivity contribution in [3.63, 3.8) is 0 Å². The lowest BCUT2D eigenvalue weighted by Crippen LogP contribution is -2.39. The summed E-state index contributed by atoms with van der Waals surface area (Å²) in [6.07, 6.45) is -0.650. The van der Waals surface area contributed by atoms with Crippen molar-refractivity contribution < 1.29 is 49.1 Å². The van der Waals surface area contributed by atoms with E-state index in [1.807, 2.05) is 54.6 Å². The molecule has 17 heteroatoms. The average molecular weight is 858 g/mol. The number of piperidine rings is 1. The number of carbonyl (C=O) groups excluding carboxylic acids is 2. The lowest BCUT2D eigenvalue weighted by molar-refractivity contribution is -0.143. The maximum atomic E-state index is 12.9. The van der Waals surface area contributed by atoms with Crippen LogP contribution in [0, 0.1) is 0 Å². The van der Waals surface area contributed by atoms with Crippen molar-refractivity contribution in [2.75, 3.05) is 43.9 Å². The monoisotopic (exact) mass is 857 g/mol. The predicted molar refractivity (Wildman–Crippen MR) is 230 cm³/mol. The van der Waals surface area contributed by atoms with Gasteiger partial charge in [-0.25, -0.2) is 4.79 Å². The van der Waals surface area contributed by atoms with Crippen molar-refractivity contribution in [1.82, 2.24) is 15.2 Å². The topological polar surface area (TPSA) is 240 Å². The van der Waals surface area contributed by atoms with E-state index in [0.29, 0.717) is 72.1 Å². The number of aromatic amines is 1. The van der Waals surface area contributed by atoms with Crippen LogP contribution in [0.3, 0.4) is 0 Å². The van der Waals surface area contributed by atoms with Crippen LogP contribution in [0.15, 0.2) is 95.8 Å². The number of aromatic hydroxyl groups is 1. The summed E-state index contributed by atoms with van der Waals surface area (Å²) >= 11 is 6.57. The SMILES string of the molecule is COc1cc(NC(=O)CCN2CCC(OC(=O)Nc3ccccc3-c3ccccc3)CC2)c(Cl)cc1CNC[C@@H](O)c1ccc(O)c2[nH]c(=O)ccc12.O=C(O)CCC(=O)O. The van der Waals surface area contributed by atoms with Crippen LogP contribution >= 0.6 is 11.6 Å². The molecule has 16 nitrogen and oxygen atoms in total. The summed E-state index contributed by atoms with van der Waals surface area (Å²) in [6, 6.07) is 26.8. The molecule has 1 saturated heterocycles. The first-order chi connectivity index (χ1) is 29.3. The highest BCUT2D eigenvalue weighted by Gasteiger charge is 2.24. The number of ether oxygens (including phenoxy) is 2. The van der Waals surface area contributed by atoms with Crippen LogP contribution in [0.2, 0.25) is 5.02 Å². The van der Waals surface area contributed by atoms with Crippen molar-refractivity contribution in [2.24, 2.45) is 0 Å². The molecule has 1 aliphatic heterocycles. The Bertz CT molecular complexity index is 2350. The van der Waals surface area contributed by atoms with Gasteiger partial charge in [-0.2, -0.15) is 0 Å². The molecule has 1 aromatic heterocycles. The summed E-state index contributed by atoms with van der Waals surface area (Å²) in [5.74, 6) is -1.92. The first-order valence-electron chi connectivity index (χ1n) is 19.5. The van der Waals surface area contributed by atoms with Gasteiger partial charge in [0.1, 0.15) is 17.6 Å². The molecule has 0 bridgehead atoms. The normalized spacial score (nSPS) is 13.4. The van der Waals surface area contributed by atoms with Crippen molar-refractivity contribution in [3.8, 4) is 22.6 Å². The smallest absolute Gasteiger partial charge is 0.411 e. The van der Waals surface area contributed by atoms with Crippen LogP contribution in [-0.2, 0) is 25.7 Å². The number of fused-ring (bicyclic) bond motifs is 1. The number of benzene rings is 4. The van der Waals surface area contributed by atoms with Crippen LogP contribution in [0.25, 0.3) is 22.0 Å². The second kappa shape index (κ2) is 22.2. The Labute approximate surface area is 356 Å². The minimum atomic E-state index is -1.08. The Morgan fingerprint density at radius 3 is 2.25 bits per heavy atom. The number of phenolic OH excluding ortho intramolecular Hbond substituents is 1. The molecule has 4 aromatic carbocycles. The number of rotatable bonds is 16. The lowest BCUT2D eigenvalue weighted by atomic mass is 10.0. The molecule has 1 aliphatic rings. The molecule has 8 N–H and O–H groups in total. The highest BCUT2D eigenvalue weighted by molar-refractivity contribution is 6.33. The maximum Gasteiger partial charge on any atom is 0.411 e. The van der Waals surface area contributed by atoms with Crippen LogP contribution in [0.1, 0.15) is 49.3 Å². The van der Waals surface area contributed by atoms with Gasteiger partial charge >= 0.3 is 18.0 Å². The Balaban J connectivity index is 0.000000800. The number of methoxy groups -OCH3 is 1. The number of H-pyrrole nitrogens is 1. The molecule has 5 aromatic rings. The van der Waals surface area contributed by atoms with Crippen molar-refractivity contribution >= 4 is 57.8 Å². The fourth-order valence-electron chi connectivity index (χ4n) is 6.71. The van der Waals surface area contributed by atoms with Gasteiger partial charge in [0.05, 0.1) is 48.0 Å². The van der Waals surface area contributed by atoms with E-state index in [9.17, 15) is 34.2 Å². The number of aliphatic hydroxyl groups is 1. The number of likely N-dealkylation sites (tertiary alicyclic amines) is 1. The summed E-state index contributed by atoms with van der Waals surface area (Å²) in [4.78, 5) is 61.5. The van der Waals surface area contributed by atoms with E-state index in [2.05, 4.69) is 25.8 Å². The number of aliphatic carboxylic acids is 2. The van der Waals surface area contributed by atoms with Gasteiger partial charge in [0, 0.05) is 67.8 Å². The number of anilines is 2. The molecule has 0 radical (unpaired) electrons. The Kier molecular flexibility index (Phi) is 16.6. The summed E-state index contributed by atoms with van der Waals surface area (Å²) in [6.45, 7) is 2.40. The number of halogens is 1. The predicted octanol–water partition coefficient (Wildman–Crippen LogP) is 6.36. The number of aromatic nitrogens is 1. The van der Waals surface area contributed by atoms with Gasteiger partial charge in [-0.3, -0.25) is 24.5 Å². The lowest BCUT2D eigenvalue weighted by Gasteiger charge is -2.31. The number of amides is 2. The number of carboxylic acids is 2. The number of nitrogens with one attached hydrogen (secondary N) is 4. The number of carboxylic acid groups (broad SMARTS) is 2. The largest absolute Gasteiger partial charge is 0.506 e. The second-order valence-corrected chi connectivity index (χ2v) is 14.6. The first-order valence-corrected chi connectivity index (χ1v) is 19.9. The zero-order chi connectivity index (χ0) is 43.9. The Morgan fingerprint density at radius 1 is 0.869 bits per heavy atom. The number of nitrogens with zero attached hydrogens (tertiary/aromatic N) is 1. The van der Waals surface area contributed by atoms with E-state index in [4.69, 9.17) is 31.3 Å². The highest BCUT2D eigenvalue weighted by Crippen LogP contribution is 2.33. The van der Waals surface area contributed by atoms with E-state index in [-0.39, 0.29) is 54.6 Å². The van der Waals surface area contributed by atoms with Gasteiger partial charge in [0.15, 0.2) is 0 Å². The second-order valence-electron chi connectivity index (χ2n) is 14.1. The van der Waals surface area contributed by atoms with Gasteiger partial charge in [0.25, 0.3) is 0 Å². The fourth-order valence-corrected chi connectivity index (χ4v) is 6.94. The van der Waals surface area contributed by atoms with E-state index in [1.54, 1.807) is 24.3 Å². The quantitative estimate of drug-likeness (QED) is 0.0540. The molecule has 0 unspecified atom stereocenters. The highest BCUT2D eigenvalue weighted by atomic mass is 35.5.